The van der Waals surface area contributed by atoms with Crippen LogP contribution in [0.1, 0.15) is 5.69 Å². The third-order valence-corrected chi connectivity index (χ3v) is 3.18. The number of carbonyl (C=O) groups is 1. The van der Waals surface area contributed by atoms with E-state index in [9.17, 15) is 4.79 Å². The molecule has 0 saturated heterocycles. The summed E-state index contributed by atoms with van der Waals surface area (Å²) in [6.07, 6.45) is 0. The van der Waals surface area contributed by atoms with Crippen LogP contribution in [-0.4, -0.2) is 27.3 Å². The summed E-state index contributed by atoms with van der Waals surface area (Å²) in [5.41, 5.74) is 8.36. The van der Waals surface area contributed by atoms with Crippen LogP contribution in [0.4, 0.5) is 4.79 Å². The first-order valence-electron chi connectivity index (χ1n) is 5.90. The molecule has 0 fully saturated rings. The van der Waals surface area contributed by atoms with Crippen molar-refractivity contribution < 1.29 is 4.79 Å². The molecule has 0 aliphatic carbocycles. The monoisotopic (exact) mass is 242 g/mol. The number of fused-ring (bicyclic) bond motifs is 1. The first-order chi connectivity index (χ1) is 8.74. The summed E-state index contributed by atoms with van der Waals surface area (Å²) in [6, 6.07) is 11.7. The van der Waals surface area contributed by atoms with Crippen LogP contribution in [-0.2, 0) is 13.1 Å². The van der Waals surface area contributed by atoms with Gasteiger partial charge in [-0.1, -0.05) is 30.3 Å². The number of carbonyl (C=O) groups excluding carboxylic acids is 1. The van der Waals surface area contributed by atoms with Gasteiger partial charge in [-0.25, -0.2) is 4.79 Å². The topological polar surface area (TPSA) is 64.2 Å². The highest BCUT2D eigenvalue weighted by Gasteiger charge is 2.20. The lowest BCUT2D eigenvalue weighted by molar-refractivity contribution is 0.190. The standard InChI is InChI=1S/C13H14N4O/c14-13(18)16-6-7-17-11(9-16)8-12(15-17)10-4-2-1-3-5-10/h1-5,8H,6-7,9H2,(H2,14,18). The molecule has 2 amide bonds. The molecule has 1 aliphatic heterocycles. The van der Waals surface area contributed by atoms with Crippen molar-refractivity contribution in [2.75, 3.05) is 6.54 Å². The number of hydrogen-bond acceptors (Lipinski definition) is 2. The quantitative estimate of drug-likeness (QED) is 0.822. The van der Waals surface area contributed by atoms with Crippen molar-refractivity contribution in [2.24, 2.45) is 5.73 Å². The third-order valence-electron chi connectivity index (χ3n) is 3.18. The second-order valence-corrected chi connectivity index (χ2v) is 4.37. The summed E-state index contributed by atoms with van der Waals surface area (Å²) in [7, 11) is 0. The maximum absolute atomic E-state index is 11.2. The maximum Gasteiger partial charge on any atom is 0.315 e. The summed E-state index contributed by atoms with van der Waals surface area (Å²) < 4.78 is 1.95. The Morgan fingerprint density at radius 1 is 1.22 bits per heavy atom. The molecule has 5 nitrogen and oxygen atoms in total. The van der Waals surface area contributed by atoms with Gasteiger partial charge in [0.15, 0.2) is 0 Å². The number of urea groups is 1. The fourth-order valence-corrected chi connectivity index (χ4v) is 2.20. The van der Waals surface area contributed by atoms with Gasteiger partial charge < -0.3 is 10.6 Å². The zero-order valence-corrected chi connectivity index (χ0v) is 9.91. The molecule has 1 aliphatic rings. The van der Waals surface area contributed by atoms with E-state index in [2.05, 4.69) is 5.10 Å². The first kappa shape index (κ1) is 10.8. The molecular formula is C13H14N4O. The Hall–Kier alpha value is -2.30. The molecule has 2 aromatic rings. The smallest absolute Gasteiger partial charge is 0.315 e. The molecule has 18 heavy (non-hydrogen) atoms. The van der Waals surface area contributed by atoms with E-state index in [0.29, 0.717) is 19.6 Å². The van der Waals surface area contributed by atoms with Crippen LogP contribution in [0.15, 0.2) is 36.4 Å². The molecule has 0 atom stereocenters. The van der Waals surface area contributed by atoms with Crippen molar-refractivity contribution in [1.29, 1.82) is 0 Å². The van der Waals surface area contributed by atoms with Crippen LogP contribution in [0.2, 0.25) is 0 Å². The normalized spacial score (nSPS) is 14.3. The van der Waals surface area contributed by atoms with E-state index >= 15 is 0 Å². The van der Waals surface area contributed by atoms with Gasteiger partial charge in [0.2, 0.25) is 0 Å². The molecule has 2 heterocycles. The van der Waals surface area contributed by atoms with E-state index in [1.165, 1.54) is 0 Å². The summed E-state index contributed by atoms with van der Waals surface area (Å²) in [5, 5.41) is 4.55. The Balaban J connectivity index is 1.92. The van der Waals surface area contributed by atoms with Crippen LogP contribution in [0.25, 0.3) is 11.3 Å². The van der Waals surface area contributed by atoms with Gasteiger partial charge in [0.1, 0.15) is 0 Å². The van der Waals surface area contributed by atoms with Crippen molar-refractivity contribution in [3.05, 3.63) is 42.1 Å². The fourth-order valence-electron chi connectivity index (χ4n) is 2.20. The van der Waals surface area contributed by atoms with E-state index in [-0.39, 0.29) is 6.03 Å². The predicted molar refractivity (Wildman–Crippen MR) is 67.7 cm³/mol. The van der Waals surface area contributed by atoms with Crippen molar-refractivity contribution in [3.8, 4) is 11.3 Å². The third kappa shape index (κ3) is 1.84. The first-order valence-corrected chi connectivity index (χ1v) is 5.90. The van der Waals surface area contributed by atoms with E-state index in [1.807, 2.05) is 41.1 Å². The molecule has 0 bridgehead atoms. The molecule has 5 heteroatoms. The van der Waals surface area contributed by atoms with Crippen LogP contribution < -0.4 is 5.73 Å². The zero-order chi connectivity index (χ0) is 12.5. The Morgan fingerprint density at radius 3 is 2.72 bits per heavy atom. The van der Waals surface area contributed by atoms with Gasteiger partial charge in [0.25, 0.3) is 0 Å². The van der Waals surface area contributed by atoms with Crippen LogP contribution in [0.3, 0.4) is 0 Å². The number of nitrogens with zero attached hydrogens (tertiary/aromatic N) is 3. The highest BCUT2D eigenvalue weighted by atomic mass is 16.2. The van der Waals surface area contributed by atoms with Crippen molar-refractivity contribution in [3.63, 3.8) is 0 Å². The molecule has 3 rings (SSSR count). The van der Waals surface area contributed by atoms with Gasteiger partial charge in [-0.05, 0) is 6.07 Å². The molecule has 0 spiro atoms. The predicted octanol–water partition coefficient (Wildman–Crippen LogP) is 1.44. The summed E-state index contributed by atoms with van der Waals surface area (Å²) in [6.45, 7) is 1.86. The Bertz CT molecular complexity index is 576. The van der Waals surface area contributed by atoms with Crippen molar-refractivity contribution in [1.82, 2.24) is 14.7 Å². The minimum atomic E-state index is -0.372. The van der Waals surface area contributed by atoms with Crippen LogP contribution >= 0.6 is 0 Å². The van der Waals surface area contributed by atoms with E-state index in [1.54, 1.807) is 4.90 Å². The maximum atomic E-state index is 11.2. The Kier molecular flexibility index (Phi) is 2.51. The van der Waals surface area contributed by atoms with Gasteiger partial charge >= 0.3 is 6.03 Å². The molecule has 0 radical (unpaired) electrons. The minimum Gasteiger partial charge on any atom is -0.351 e. The number of aromatic nitrogens is 2. The summed E-state index contributed by atoms with van der Waals surface area (Å²) in [4.78, 5) is 12.8. The number of primary amides is 1. The number of amides is 2. The summed E-state index contributed by atoms with van der Waals surface area (Å²) >= 11 is 0. The molecule has 0 saturated carbocycles. The minimum absolute atomic E-state index is 0.372. The summed E-state index contributed by atoms with van der Waals surface area (Å²) in [5.74, 6) is 0. The lowest BCUT2D eigenvalue weighted by Gasteiger charge is -2.25. The van der Waals surface area contributed by atoms with Crippen LogP contribution in [0, 0.1) is 0 Å². The SMILES string of the molecule is NC(=O)N1CCn2nc(-c3ccccc3)cc2C1. The van der Waals surface area contributed by atoms with E-state index in [0.717, 1.165) is 17.0 Å². The molecule has 1 aromatic carbocycles. The molecule has 92 valence electrons. The van der Waals surface area contributed by atoms with E-state index in [4.69, 9.17) is 5.73 Å². The molecule has 2 N–H and O–H groups in total. The van der Waals surface area contributed by atoms with Crippen molar-refractivity contribution in [2.45, 2.75) is 13.1 Å². The average molecular weight is 242 g/mol. The number of hydrogen-bond donors (Lipinski definition) is 1. The number of benzene rings is 1. The van der Waals surface area contributed by atoms with E-state index < -0.39 is 0 Å². The number of nitrogens with two attached hydrogens (primary N) is 1. The lowest BCUT2D eigenvalue weighted by atomic mass is 10.1. The largest absolute Gasteiger partial charge is 0.351 e. The molecule has 0 unspecified atom stereocenters. The Labute approximate surface area is 105 Å². The zero-order valence-electron chi connectivity index (χ0n) is 9.91. The number of rotatable bonds is 1. The highest BCUT2D eigenvalue weighted by Crippen LogP contribution is 2.21. The second kappa shape index (κ2) is 4.18. The lowest BCUT2D eigenvalue weighted by Crippen LogP contribution is -2.41. The fraction of sp³-hybridized carbons (Fsp3) is 0.231. The van der Waals surface area contributed by atoms with Gasteiger partial charge in [0, 0.05) is 12.1 Å². The van der Waals surface area contributed by atoms with Crippen molar-refractivity contribution >= 4 is 6.03 Å². The average Bonchev–Trinajstić information content (AvgIpc) is 2.82. The van der Waals surface area contributed by atoms with Gasteiger partial charge in [-0.15, -0.1) is 0 Å². The highest BCUT2D eigenvalue weighted by molar-refractivity contribution is 5.72. The second-order valence-electron chi connectivity index (χ2n) is 4.37. The van der Waals surface area contributed by atoms with Gasteiger partial charge in [-0.2, -0.15) is 5.10 Å². The Morgan fingerprint density at radius 2 is 2.00 bits per heavy atom. The van der Waals surface area contributed by atoms with Crippen LogP contribution in [0.5, 0.6) is 0 Å². The molecular weight excluding hydrogens is 228 g/mol. The van der Waals surface area contributed by atoms with Gasteiger partial charge in [-0.3, -0.25) is 4.68 Å². The van der Waals surface area contributed by atoms with Gasteiger partial charge in [0.05, 0.1) is 24.5 Å². The molecule has 1 aromatic heterocycles.